The molecule has 3 aromatic rings. The van der Waals surface area contributed by atoms with Crippen LogP contribution in [0.15, 0.2) is 78.9 Å². The van der Waals surface area contributed by atoms with Gasteiger partial charge >= 0.3 is 0 Å². The Balaban J connectivity index is 1.45. The molecule has 0 aliphatic carbocycles. The average molecular weight is 413 g/mol. The van der Waals surface area contributed by atoms with Crippen molar-refractivity contribution >= 4 is 11.8 Å². The Morgan fingerprint density at radius 2 is 1.58 bits per heavy atom. The Morgan fingerprint density at radius 3 is 2.29 bits per heavy atom. The third-order valence-electron chi connectivity index (χ3n) is 6.09. The fraction of sp³-hybridized carbons (Fsp3) is 0.259. The van der Waals surface area contributed by atoms with E-state index in [1.54, 1.807) is 6.92 Å². The maximum atomic E-state index is 12.9. The van der Waals surface area contributed by atoms with E-state index in [1.165, 1.54) is 11.1 Å². The summed E-state index contributed by atoms with van der Waals surface area (Å²) in [5.74, 6) is -0.0376. The van der Waals surface area contributed by atoms with Crippen molar-refractivity contribution < 1.29 is 9.59 Å². The summed E-state index contributed by atoms with van der Waals surface area (Å²) in [6, 6.07) is 26.3. The van der Waals surface area contributed by atoms with Crippen LogP contribution in [0.3, 0.4) is 0 Å². The molecule has 1 N–H and O–H groups in total. The molecule has 4 nitrogen and oxygen atoms in total. The number of rotatable bonds is 5. The van der Waals surface area contributed by atoms with Gasteiger partial charge in [-0.3, -0.25) is 9.59 Å². The second-order valence-corrected chi connectivity index (χ2v) is 8.16. The molecule has 0 spiro atoms. The third kappa shape index (κ3) is 4.69. The van der Waals surface area contributed by atoms with Crippen LogP contribution in [0, 0.1) is 0 Å². The van der Waals surface area contributed by atoms with E-state index in [-0.39, 0.29) is 30.3 Å². The Bertz CT molecular complexity index is 1060. The Labute approximate surface area is 183 Å². The first-order valence-electron chi connectivity index (χ1n) is 10.8. The van der Waals surface area contributed by atoms with E-state index in [0.717, 1.165) is 23.1 Å². The number of nitrogens with zero attached hydrogens (tertiary/aromatic N) is 1. The van der Waals surface area contributed by atoms with Crippen LogP contribution >= 0.6 is 0 Å². The maximum absolute atomic E-state index is 12.9. The lowest BCUT2D eigenvalue weighted by Gasteiger charge is -2.36. The van der Waals surface area contributed by atoms with E-state index in [0.29, 0.717) is 6.54 Å². The molecule has 0 saturated heterocycles. The maximum Gasteiger partial charge on any atom is 0.222 e. The Kier molecular flexibility index (Phi) is 6.17. The highest BCUT2D eigenvalue weighted by atomic mass is 16.2. The molecule has 2 unspecified atom stereocenters. The summed E-state index contributed by atoms with van der Waals surface area (Å²) in [5, 5.41) is 3.12. The number of amides is 2. The zero-order valence-corrected chi connectivity index (χ0v) is 18.0. The van der Waals surface area contributed by atoms with Gasteiger partial charge in [0.05, 0.1) is 18.5 Å². The normalized spacial score (nSPS) is 16.3. The number of carbonyl (C=O) groups excluding carboxylic acids is 2. The van der Waals surface area contributed by atoms with E-state index < -0.39 is 0 Å². The van der Waals surface area contributed by atoms with Crippen molar-refractivity contribution in [1.29, 1.82) is 0 Å². The molecule has 4 rings (SSSR count). The van der Waals surface area contributed by atoms with Crippen LogP contribution in [-0.2, 0) is 16.0 Å². The number of nitrogens with one attached hydrogen (secondary N) is 1. The smallest absolute Gasteiger partial charge is 0.222 e. The minimum absolute atomic E-state index is 0.0110. The molecule has 0 fully saturated rings. The van der Waals surface area contributed by atoms with E-state index in [9.17, 15) is 9.59 Å². The molecule has 4 heteroatoms. The van der Waals surface area contributed by atoms with Gasteiger partial charge in [-0.15, -0.1) is 0 Å². The highest BCUT2D eigenvalue weighted by Crippen LogP contribution is 2.32. The largest absolute Gasteiger partial charge is 0.350 e. The minimum Gasteiger partial charge on any atom is -0.350 e. The third-order valence-corrected chi connectivity index (χ3v) is 6.09. The summed E-state index contributed by atoms with van der Waals surface area (Å²) in [4.78, 5) is 26.9. The van der Waals surface area contributed by atoms with Gasteiger partial charge in [-0.1, -0.05) is 78.9 Å². The summed E-state index contributed by atoms with van der Waals surface area (Å²) >= 11 is 0. The summed E-state index contributed by atoms with van der Waals surface area (Å²) in [6.45, 7) is 4.23. The Morgan fingerprint density at radius 1 is 0.935 bits per heavy atom. The predicted octanol–water partition coefficient (Wildman–Crippen LogP) is 5.07. The van der Waals surface area contributed by atoms with Gasteiger partial charge in [0.2, 0.25) is 11.8 Å². The molecule has 3 aromatic carbocycles. The lowest BCUT2D eigenvalue weighted by molar-refractivity contribution is -0.133. The van der Waals surface area contributed by atoms with Crippen LogP contribution in [0.4, 0.5) is 0 Å². The zero-order chi connectivity index (χ0) is 21.8. The molecule has 2 atom stereocenters. The van der Waals surface area contributed by atoms with Crippen molar-refractivity contribution in [3.05, 3.63) is 95.6 Å². The van der Waals surface area contributed by atoms with Crippen molar-refractivity contribution in [2.75, 3.05) is 6.54 Å². The molecule has 0 saturated carbocycles. The highest BCUT2D eigenvalue weighted by Gasteiger charge is 2.30. The molecule has 158 valence electrons. The van der Waals surface area contributed by atoms with E-state index >= 15 is 0 Å². The molecular formula is C27H28N2O2. The van der Waals surface area contributed by atoms with Crippen molar-refractivity contribution in [3.8, 4) is 11.1 Å². The van der Waals surface area contributed by atoms with Gasteiger partial charge in [-0.2, -0.15) is 0 Å². The first kappa shape index (κ1) is 20.9. The molecule has 1 aliphatic heterocycles. The first-order chi connectivity index (χ1) is 15.0. The second kappa shape index (κ2) is 9.17. The van der Waals surface area contributed by atoms with Gasteiger partial charge in [0, 0.05) is 13.5 Å². The fourth-order valence-electron chi connectivity index (χ4n) is 4.40. The molecule has 2 amide bonds. The molecule has 1 aliphatic rings. The van der Waals surface area contributed by atoms with Crippen molar-refractivity contribution in [1.82, 2.24) is 10.2 Å². The van der Waals surface area contributed by atoms with Gasteiger partial charge in [0.25, 0.3) is 0 Å². The van der Waals surface area contributed by atoms with E-state index in [1.807, 2.05) is 48.2 Å². The summed E-state index contributed by atoms with van der Waals surface area (Å²) in [5.41, 5.74) is 5.69. The number of hydrogen-bond acceptors (Lipinski definition) is 2. The molecule has 1 heterocycles. The molecule has 0 radical (unpaired) electrons. The van der Waals surface area contributed by atoms with Crippen LogP contribution < -0.4 is 5.32 Å². The topological polar surface area (TPSA) is 49.4 Å². The van der Waals surface area contributed by atoms with Crippen LogP contribution in [-0.4, -0.2) is 23.3 Å². The molecule has 0 bridgehead atoms. The molecule has 31 heavy (non-hydrogen) atoms. The van der Waals surface area contributed by atoms with Gasteiger partial charge in [-0.05, 0) is 41.2 Å². The lowest BCUT2D eigenvalue weighted by Crippen LogP contribution is -2.41. The standard InChI is InChI=1S/C27H28N2O2/c1-19(21-12-14-23(15-13-21)22-8-4-3-5-9-22)28-27(31)18-26-25-11-7-6-10-24(25)16-17-29(26)20(2)30/h3-15,19,26H,16-18H2,1-2H3,(H,28,31). The number of fused-ring (bicyclic) bond motifs is 1. The van der Waals surface area contributed by atoms with E-state index in [4.69, 9.17) is 0 Å². The van der Waals surface area contributed by atoms with Crippen LogP contribution in [0.5, 0.6) is 0 Å². The minimum atomic E-state index is -0.213. The zero-order valence-electron chi connectivity index (χ0n) is 18.0. The van der Waals surface area contributed by atoms with Gasteiger partial charge in [-0.25, -0.2) is 0 Å². The quantitative estimate of drug-likeness (QED) is 0.636. The van der Waals surface area contributed by atoms with Crippen molar-refractivity contribution in [2.45, 2.75) is 38.8 Å². The number of benzene rings is 3. The van der Waals surface area contributed by atoms with Gasteiger partial charge < -0.3 is 10.2 Å². The lowest BCUT2D eigenvalue weighted by atomic mass is 9.90. The van der Waals surface area contributed by atoms with Crippen LogP contribution in [0.1, 0.15) is 49.0 Å². The van der Waals surface area contributed by atoms with E-state index in [2.05, 4.69) is 47.8 Å². The Hall–Kier alpha value is -3.40. The highest BCUT2D eigenvalue weighted by molar-refractivity contribution is 5.80. The predicted molar refractivity (Wildman–Crippen MR) is 123 cm³/mol. The summed E-state index contributed by atoms with van der Waals surface area (Å²) in [7, 11) is 0. The summed E-state index contributed by atoms with van der Waals surface area (Å²) < 4.78 is 0. The van der Waals surface area contributed by atoms with Crippen LogP contribution in [0.25, 0.3) is 11.1 Å². The van der Waals surface area contributed by atoms with Crippen molar-refractivity contribution in [3.63, 3.8) is 0 Å². The average Bonchev–Trinajstić information content (AvgIpc) is 2.79. The second-order valence-electron chi connectivity index (χ2n) is 8.16. The van der Waals surface area contributed by atoms with Crippen molar-refractivity contribution in [2.24, 2.45) is 0 Å². The van der Waals surface area contributed by atoms with Gasteiger partial charge in [0.15, 0.2) is 0 Å². The monoisotopic (exact) mass is 412 g/mol. The first-order valence-corrected chi connectivity index (χ1v) is 10.8. The fourth-order valence-corrected chi connectivity index (χ4v) is 4.40. The number of hydrogen-bond donors (Lipinski definition) is 1. The van der Waals surface area contributed by atoms with Gasteiger partial charge in [0.1, 0.15) is 0 Å². The van der Waals surface area contributed by atoms with Crippen LogP contribution in [0.2, 0.25) is 0 Å². The molecular weight excluding hydrogens is 384 g/mol. The molecule has 0 aromatic heterocycles. The summed E-state index contributed by atoms with van der Waals surface area (Å²) in [6.07, 6.45) is 1.10. The SMILES string of the molecule is CC(=O)N1CCc2ccccc2C1CC(=O)NC(C)c1ccc(-c2ccccc2)cc1. The number of carbonyl (C=O) groups is 2.